The highest BCUT2D eigenvalue weighted by molar-refractivity contribution is 9.10. The van der Waals surface area contributed by atoms with Gasteiger partial charge in [-0.05, 0) is 78.2 Å². The smallest absolute Gasteiger partial charge is 0.419 e. The largest absolute Gasteiger partial charge is 0.487 e. The maximum absolute atomic E-state index is 14.1. The van der Waals surface area contributed by atoms with Crippen molar-refractivity contribution in [3.63, 3.8) is 0 Å². The molecule has 1 aliphatic carbocycles. The van der Waals surface area contributed by atoms with E-state index in [4.69, 9.17) is 4.74 Å². The fourth-order valence-corrected chi connectivity index (χ4v) is 3.69. The minimum absolute atomic E-state index is 0.264. The third-order valence-electron chi connectivity index (χ3n) is 4.63. The second-order valence-electron chi connectivity index (χ2n) is 6.53. The highest BCUT2D eigenvalue weighted by Crippen LogP contribution is 2.36. The molecule has 1 saturated carbocycles. The molecule has 0 unspecified atom stereocenters. The molecule has 0 aliphatic heterocycles. The normalized spacial score (nSPS) is 20.8. The first-order valence-electron chi connectivity index (χ1n) is 8.46. The van der Waals surface area contributed by atoms with Crippen molar-refractivity contribution in [3.8, 4) is 5.75 Å². The number of hydrogen-bond donors (Lipinski definition) is 0. The minimum Gasteiger partial charge on any atom is -0.487 e. The molecule has 0 amide bonds. The number of pyridine rings is 1. The van der Waals surface area contributed by atoms with Crippen LogP contribution in [-0.4, -0.2) is 11.1 Å². The number of halogens is 5. The van der Waals surface area contributed by atoms with Crippen LogP contribution in [0.2, 0.25) is 0 Å². The molecular weight excluding hydrogens is 414 g/mol. The van der Waals surface area contributed by atoms with Crippen LogP contribution in [0, 0.1) is 11.7 Å². The Balaban J connectivity index is 1.58. The molecule has 2 aromatic rings. The van der Waals surface area contributed by atoms with E-state index in [1.165, 1.54) is 12.1 Å². The van der Waals surface area contributed by atoms with Gasteiger partial charge in [0.25, 0.3) is 0 Å². The molecule has 140 valence electrons. The Bertz CT molecular complexity index is 757. The van der Waals surface area contributed by atoms with Crippen LogP contribution in [0.4, 0.5) is 17.6 Å². The van der Waals surface area contributed by atoms with Crippen molar-refractivity contribution in [2.75, 3.05) is 0 Å². The first kappa shape index (κ1) is 19.1. The van der Waals surface area contributed by atoms with Gasteiger partial charge in [-0.15, -0.1) is 0 Å². The number of rotatable bonds is 4. The third kappa shape index (κ3) is 4.75. The van der Waals surface area contributed by atoms with Crippen molar-refractivity contribution in [3.05, 3.63) is 58.1 Å². The number of alkyl halides is 3. The second-order valence-corrected chi connectivity index (χ2v) is 7.34. The second kappa shape index (κ2) is 7.94. The summed E-state index contributed by atoms with van der Waals surface area (Å²) in [5.74, 6) is -1.21. The van der Waals surface area contributed by atoms with Gasteiger partial charge in [-0.2, -0.15) is 13.2 Å². The molecule has 7 heteroatoms. The van der Waals surface area contributed by atoms with Crippen LogP contribution in [0.15, 0.2) is 41.0 Å². The van der Waals surface area contributed by atoms with Gasteiger partial charge in [-0.25, -0.2) is 9.37 Å². The molecule has 3 rings (SSSR count). The van der Waals surface area contributed by atoms with E-state index in [-0.39, 0.29) is 11.9 Å². The summed E-state index contributed by atoms with van der Waals surface area (Å²) >= 11 is 3.35. The Morgan fingerprint density at radius 1 is 1.04 bits per heavy atom. The molecule has 0 N–H and O–H groups in total. The Hall–Kier alpha value is -1.63. The van der Waals surface area contributed by atoms with Gasteiger partial charge in [0, 0.05) is 5.69 Å². The van der Waals surface area contributed by atoms with Crippen LogP contribution in [-0.2, 0) is 12.6 Å². The van der Waals surface area contributed by atoms with Crippen molar-refractivity contribution in [2.24, 2.45) is 5.92 Å². The number of hydrogen-bond acceptors (Lipinski definition) is 2. The Kier molecular flexibility index (Phi) is 5.85. The molecular formula is C19H18BrF4NO. The lowest BCUT2D eigenvalue weighted by molar-refractivity contribution is -0.140. The van der Waals surface area contributed by atoms with Gasteiger partial charge < -0.3 is 4.74 Å². The van der Waals surface area contributed by atoms with E-state index in [0.29, 0.717) is 18.8 Å². The zero-order chi connectivity index (χ0) is 18.7. The SMILES string of the molecule is Fc1c(OC2CCC(Cc3cccc(Br)n3)CC2)cccc1C(F)(F)F. The molecule has 1 aromatic heterocycles. The van der Waals surface area contributed by atoms with Gasteiger partial charge in [0.2, 0.25) is 0 Å². The lowest BCUT2D eigenvalue weighted by Crippen LogP contribution is -2.26. The molecule has 2 nitrogen and oxygen atoms in total. The molecule has 0 radical (unpaired) electrons. The van der Waals surface area contributed by atoms with Crippen LogP contribution in [0.5, 0.6) is 5.75 Å². The summed E-state index contributed by atoms with van der Waals surface area (Å²) < 4.78 is 58.8. The fourth-order valence-electron chi connectivity index (χ4n) is 3.31. The third-order valence-corrected chi connectivity index (χ3v) is 5.07. The number of aromatic nitrogens is 1. The van der Waals surface area contributed by atoms with Crippen molar-refractivity contribution >= 4 is 15.9 Å². The van der Waals surface area contributed by atoms with Gasteiger partial charge in [-0.3, -0.25) is 0 Å². The number of nitrogens with zero attached hydrogens (tertiary/aromatic N) is 1. The van der Waals surface area contributed by atoms with E-state index in [1.54, 1.807) is 0 Å². The van der Waals surface area contributed by atoms with Gasteiger partial charge in [0.15, 0.2) is 11.6 Å². The van der Waals surface area contributed by atoms with E-state index in [9.17, 15) is 17.6 Å². The summed E-state index contributed by atoms with van der Waals surface area (Å²) in [4.78, 5) is 4.43. The molecule has 0 spiro atoms. The highest BCUT2D eigenvalue weighted by Gasteiger charge is 2.35. The first-order chi connectivity index (χ1) is 12.3. The van der Waals surface area contributed by atoms with Crippen LogP contribution in [0.3, 0.4) is 0 Å². The number of benzene rings is 1. The standard InChI is InChI=1S/C19H18BrF4NO/c20-17-6-1-3-13(25-17)11-12-7-9-14(10-8-12)26-16-5-2-4-15(18(16)21)19(22,23)24/h1-6,12,14H,7-11H2. The van der Waals surface area contributed by atoms with Crippen molar-refractivity contribution in [2.45, 2.75) is 44.4 Å². The highest BCUT2D eigenvalue weighted by atomic mass is 79.9. The lowest BCUT2D eigenvalue weighted by atomic mass is 9.84. The quantitative estimate of drug-likeness (QED) is 0.425. The van der Waals surface area contributed by atoms with Crippen LogP contribution < -0.4 is 4.74 Å². The molecule has 26 heavy (non-hydrogen) atoms. The van der Waals surface area contributed by atoms with Crippen molar-refractivity contribution in [1.82, 2.24) is 4.98 Å². The minimum atomic E-state index is -4.72. The first-order valence-corrected chi connectivity index (χ1v) is 9.26. The van der Waals surface area contributed by atoms with E-state index in [2.05, 4.69) is 20.9 Å². The molecule has 1 fully saturated rings. The van der Waals surface area contributed by atoms with Gasteiger partial charge >= 0.3 is 6.18 Å². The molecule has 1 aromatic carbocycles. The summed E-state index contributed by atoms with van der Waals surface area (Å²) in [5, 5.41) is 0. The molecule has 0 atom stereocenters. The number of ether oxygens (including phenoxy) is 1. The maximum Gasteiger partial charge on any atom is 0.419 e. The maximum atomic E-state index is 14.1. The molecule has 1 aliphatic rings. The van der Waals surface area contributed by atoms with E-state index >= 15 is 0 Å². The lowest BCUT2D eigenvalue weighted by Gasteiger charge is -2.29. The summed E-state index contributed by atoms with van der Waals surface area (Å²) in [6.07, 6.45) is -1.01. The Morgan fingerprint density at radius 3 is 2.38 bits per heavy atom. The average Bonchev–Trinajstić information content (AvgIpc) is 2.57. The summed E-state index contributed by atoms with van der Waals surface area (Å²) in [6.45, 7) is 0. The van der Waals surface area contributed by atoms with Gasteiger partial charge in [0.1, 0.15) is 4.60 Å². The summed E-state index contributed by atoms with van der Waals surface area (Å²) in [5.41, 5.74) is -0.280. The van der Waals surface area contributed by atoms with Crippen molar-refractivity contribution in [1.29, 1.82) is 0 Å². The Labute approximate surface area is 157 Å². The summed E-state index contributed by atoms with van der Waals surface area (Å²) in [7, 11) is 0. The predicted octanol–water partition coefficient (Wildman–Crippen LogP) is 6.18. The van der Waals surface area contributed by atoms with Gasteiger partial charge in [0.05, 0.1) is 11.7 Å². The van der Waals surface area contributed by atoms with Crippen LogP contribution in [0.1, 0.15) is 36.9 Å². The molecule has 1 heterocycles. The van der Waals surface area contributed by atoms with E-state index in [1.807, 2.05) is 18.2 Å². The molecule has 0 saturated heterocycles. The predicted molar refractivity (Wildman–Crippen MR) is 93.4 cm³/mol. The van der Waals surface area contributed by atoms with Crippen LogP contribution in [0.25, 0.3) is 0 Å². The zero-order valence-electron chi connectivity index (χ0n) is 13.9. The molecule has 0 bridgehead atoms. The topological polar surface area (TPSA) is 22.1 Å². The van der Waals surface area contributed by atoms with Gasteiger partial charge in [-0.1, -0.05) is 12.1 Å². The zero-order valence-corrected chi connectivity index (χ0v) is 15.5. The average molecular weight is 432 g/mol. The van der Waals surface area contributed by atoms with Crippen LogP contribution >= 0.6 is 15.9 Å². The fraction of sp³-hybridized carbons (Fsp3) is 0.421. The van der Waals surface area contributed by atoms with E-state index in [0.717, 1.165) is 35.6 Å². The Morgan fingerprint density at radius 2 is 1.73 bits per heavy atom. The van der Waals surface area contributed by atoms with Crippen molar-refractivity contribution < 1.29 is 22.3 Å². The van der Waals surface area contributed by atoms with E-state index < -0.39 is 17.6 Å². The summed E-state index contributed by atoms with van der Waals surface area (Å²) in [6, 6.07) is 8.94. The monoisotopic (exact) mass is 431 g/mol.